The summed E-state index contributed by atoms with van der Waals surface area (Å²) in [4.78, 5) is 20.4. The van der Waals surface area contributed by atoms with Crippen molar-refractivity contribution in [3.05, 3.63) is 60.3 Å². The molecule has 198 valence electrons. The second kappa shape index (κ2) is 10.3. The molecule has 9 heteroatoms. The van der Waals surface area contributed by atoms with Gasteiger partial charge >= 0.3 is 12.3 Å². The first-order valence-electron chi connectivity index (χ1n) is 12.9. The summed E-state index contributed by atoms with van der Waals surface area (Å²) in [7, 11) is 0. The first-order chi connectivity index (χ1) is 17.7. The third kappa shape index (κ3) is 5.08. The molecule has 2 aromatic carbocycles. The minimum absolute atomic E-state index is 0.287. The molecule has 0 aromatic heterocycles. The van der Waals surface area contributed by atoms with Gasteiger partial charge < -0.3 is 14.5 Å². The van der Waals surface area contributed by atoms with E-state index in [-0.39, 0.29) is 6.09 Å². The SMILES string of the molecule is C=C1N(CCCC)C(=O)OC12CCN(CCCN1c3ccccc3Sc3ccc(C(F)(F)F)cc31)CC2. The number of para-hydroxylation sites is 1. The van der Waals surface area contributed by atoms with Gasteiger partial charge in [0.1, 0.15) is 0 Å². The number of benzene rings is 2. The maximum absolute atomic E-state index is 13.5. The molecule has 1 spiro atoms. The Bertz CT molecular complexity index is 1180. The van der Waals surface area contributed by atoms with Gasteiger partial charge in [-0.25, -0.2) is 4.79 Å². The molecule has 2 saturated heterocycles. The number of piperidine rings is 1. The molecule has 1 amide bonds. The summed E-state index contributed by atoms with van der Waals surface area (Å²) in [5.41, 5.74) is 1.11. The average molecular weight is 532 g/mol. The topological polar surface area (TPSA) is 36.0 Å². The number of ether oxygens (including phenoxy) is 1. The van der Waals surface area contributed by atoms with E-state index in [9.17, 15) is 18.0 Å². The van der Waals surface area contributed by atoms with E-state index in [1.807, 2.05) is 29.2 Å². The number of rotatable bonds is 7. The number of carbonyl (C=O) groups is 1. The fourth-order valence-corrected chi connectivity index (χ4v) is 6.48. The van der Waals surface area contributed by atoms with Crippen LogP contribution in [0, 0.1) is 0 Å². The van der Waals surface area contributed by atoms with Gasteiger partial charge in [-0.1, -0.05) is 43.8 Å². The molecular formula is C28H32F3N3O2S. The van der Waals surface area contributed by atoms with Crippen LogP contribution in [0.4, 0.5) is 29.3 Å². The molecule has 2 fully saturated rings. The summed E-state index contributed by atoms with van der Waals surface area (Å²) in [6.45, 7) is 9.94. The Balaban J connectivity index is 1.23. The number of hydrogen-bond donors (Lipinski definition) is 0. The average Bonchev–Trinajstić information content (AvgIpc) is 3.10. The first kappa shape index (κ1) is 26.0. The number of carbonyl (C=O) groups excluding carboxylic acids is 1. The Morgan fingerprint density at radius 3 is 2.41 bits per heavy atom. The van der Waals surface area contributed by atoms with Crippen LogP contribution in [0.15, 0.2) is 64.5 Å². The lowest BCUT2D eigenvalue weighted by Crippen LogP contribution is -2.46. The molecule has 5 rings (SSSR count). The number of unbranched alkanes of at least 4 members (excludes halogenated alkanes) is 1. The Labute approximate surface area is 220 Å². The molecule has 0 aliphatic carbocycles. The quantitative estimate of drug-likeness (QED) is 0.375. The van der Waals surface area contributed by atoms with Crippen molar-refractivity contribution in [3.8, 4) is 0 Å². The lowest BCUT2D eigenvalue weighted by atomic mass is 9.88. The molecule has 0 radical (unpaired) electrons. The summed E-state index contributed by atoms with van der Waals surface area (Å²) in [5, 5.41) is 0. The predicted molar refractivity (Wildman–Crippen MR) is 139 cm³/mol. The monoisotopic (exact) mass is 531 g/mol. The van der Waals surface area contributed by atoms with Crippen LogP contribution in [0.2, 0.25) is 0 Å². The van der Waals surface area contributed by atoms with Crippen molar-refractivity contribution in [2.24, 2.45) is 0 Å². The standard InChI is InChI=1S/C28H32F3N3O2S/c1-3-4-15-33-20(2)27(36-26(33)35)12-17-32(18-13-27)14-7-16-34-22-8-5-6-9-24(22)37-25-11-10-21(19-23(25)34)28(29,30)31/h5-6,8-11,19H,2-4,7,12-18H2,1H3. The van der Waals surface area contributed by atoms with Crippen molar-refractivity contribution >= 4 is 29.2 Å². The van der Waals surface area contributed by atoms with Crippen molar-refractivity contribution in [2.45, 2.75) is 60.6 Å². The van der Waals surface area contributed by atoms with Gasteiger partial charge in [0.05, 0.1) is 22.6 Å². The van der Waals surface area contributed by atoms with Crippen LogP contribution in [0.5, 0.6) is 0 Å². The van der Waals surface area contributed by atoms with Gasteiger partial charge in [0.2, 0.25) is 0 Å². The van der Waals surface area contributed by atoms with E-state index in [1.54, 1.807) is 11.0 Å². The fourth-order valence-electron chi connectivity index (χ4n) is 5.41. The van der Waals surface area contributed by atoms with Gasteiger partial charge in [0.15, 0.2) is 5.60 Å². The Hall–Kier alpha value is -2.65. The highest BCUT2D eigenvalue weighted by Crippen LogP contribution is 2.49. The zero-order chi connectivity index (χ0) is 26.2. The number of nitrogens with zero attached hydrogens (tertiary/aromatic N) is 3. The molecule has 0 bridgehead atoms. The van der Waals surface area contributed by atoms with Crippen LogP contribution in [0.1, 0.15) is 44.6 Å². The van der Waals surface area contributed by atoms with E-state index < -0.39 is 17.3 Å². The second-order valence-electron chi connectivity index (χ2n) is 9.91. The van der Waals surface area contributed by atoms with E-state index in [0.29, 0.717) is 31.6 Å². The summed E-state index contributed by atoms with van der Waals surface area (Å²) in [6.07, 6.45) is -0.535. The van der Waals surface area contributed by atoms with Gasteiger partial charge in [-0.15, -0.1) is 0 Å². The number of hydrogen-bond acceptors (Lipinski definition) is 5. The Kier molecular flexibility index (Phi) is 7.20. The van der Waals surface area contributed by atoms with Gasteiger partial charge in [-0.3, -0.25) is 4.90 Å². The van der Waals surface area contributed by atoms with Gasteiger partial charge in [0.25, 0.3) is 0 Å². The summed E-state index contributed by atoms with van der Waals surface area (Å²) < 4.78 is 46.2. The van der Waals surface area contributed by atoms with Gasteiger partial charge in [-0.05, 0) is 49.7 Å². The normalized spacial score (nSPS) is 19.2. The van der Waals surface area contributed by atoms with Gasteiger partial charge in [-0.2, -0.15) is 13.2 Å². The summed E-state index contributed by atoms with van der Waals surface area (Å²) >= 11 is 1.51. The number of anilines is 2. The molecule has 0 atom stereocenters. The molecule has 0 unspecified atom stereocenters. The molecule has 5 nitrogen and oxygen atoms in total. The summed E-state index contributed by atoms with van der Waals surface area (Å²) in [5.74, 6) is 0. The second-order valence-corrected chi connectivity index (χ2v) is 11.0. The van der Waals surface area contributed by atoms with Crippen molar-refractivity contribution in [3.63, 3.8) is 0 Å². The highest BCUT2D eigenvalue weighted by Gasteiger charge is 2.50. The third-order valence-electron chi connectivity index (χ3n) is 7.56. The zero-order valence-corrected chi connectivity index (χ0v) is 21.8. The lowest BCUT2D eigenvalue weighted by Gasteiger charge is -2.39. The number of alkyl halides is 3. The minimum Gasteiger partial charge on any atom is -0.436 e. The van der Waals surface area contributed by atoms with E-state index in [2.05, 4.69) is 18.4 Å². The van der Waals surface area contributed by atoms with Gasteiger partial charge in [0, 0.05) is 48.8 Å². The summed E-state index contributed by atoms with van der Waals surface area (Å²) in [6, 6.07) is 11.9. The zero-order valence-electron chi connectivity index (χ0n) is 21.0. The van der Waals surface area contributed by atoms with Crippen LogP contribution < -0.4 is 4.90 Å². The molecule has 3 aliphatic rings. The van der Waals surface area contributed by atoms with Crippen LogP contribution in [-0.4, -0.2) is 54.2 Å². The highest BCUT2D eigenvalue weighted by molar-refractivity contribution is 7.99. The molecule has 3 aliphatic heterocycles. The minimum atomic E-state index is -4.38. The molecule has 3 heterocycles. The number of fused-ring (bicyclic) bond motifs is 2. The molecular weight excluding hydrogens is 499 g/mol. The molecule has 37 heavy (non-hydrogen) atoms. The molecule has 0 saturated carbocycles. The van der Waals surface area contributed by atoms with Crippen molar-refractivity contribution in [1.29, 1.82) is 0 Å². The van der Waals surface area contributed by atoms with E-state index in [1.165, 1.54) is 17.8 Å². The third-order valence-corrected chi connectivity index (χ3v) is 8.69. The Morgan fingerprint density at radius 1 is 0.973 bits per heavy atom. The van der Waals surface area contributed by atoms with E-state index in [0.717, 1.165) is 66.1 Å². The van der Waals surface area contributed by atoms with Crippen LogP contribution in [0.3, 0.4) is 0 Å². The van der Waals surface area contributed by atoms with Crippen LogP contribution in [0.25, 0.3) is 0 Å². The van der Waals surface area contributed by atoms with Crippen LogP contribution >= 0.6 is 11.8 Å². The van der Waals surface area contributed by atoms with Crippen LogP contribution in [-0.2, 0) is 10.9 Å². The maximum atomic E-state index is 13.5. The first-order valence-corrected chi connectivity index (χ1v) is 13.7. The maximum Gasteiger partial charge on any atom is 0.416 e. The number of amides is 1. The number of likely N-dealkylation sites (tertiary alicyclic amines) is 1. The smallest absolute Gasteiger partial charge is 0.416 e. The van der Waals surface area contributed by atoms with Crippen molar-refractivity contribution in [2.75, 3.05) is 37.6 Å². The lowest BCUT2D eigenvalue weighted by molar-refractivity contribution is -0.137. The van der Waals surface area contributed by atoms with Crippen molar-refractivity contribution in [1.82, 2.24) is 9.80 Å². The van der Waals surface area contributed by atoms with E-state index >= 15 is 0 Å². The number of halogens is 3. The highest BCUT2D eigenvalue weighted by atomic mass is 32.2. The van der Waals surface area contributed by atoms with Crippen molar-refractivity contribution < 1.29 is 22.7 Å². The largest absolute Gasteiger partial charge is 0.436 e. The molecule has 0 N–H and O–H groups in total. The Morgan fingerprint density at radius 2 is 1.68 bits per heavy atom. The predicted octanol–water partition coefficient (Wildman–Crippen LogP) is 7.30. The van der Waals surface area contributed by atoms with E-state index in [4.69, 9.17) is 4.74 Å². The molecule has 2 aromatic rings. The fraction of sp³-hybridized carbons (Fsp3) is 0.464.